The van der Waals surface area contributed by atoms with E-state index < -0.39 is 0 Å². The van der Waals surface area contributed by atoms with Crippen molar-refractivity contribution in [3.8, 4) is 22.5 Å². The molecule has 0 radical (unpaired) electrons. The van der Waals surface area contributed by atoms with E-state index in [4.69, 9.17) is 4.74 Å². The second-order valence-corrected chi connectivity index (χ2v) is 7.99. The van der Waals surface area contributed by atoms with Crippen molar-refractivity contribution in [2.75, 3.05) is 19.7 Å². The van der Waals surface area contributed by atoms with E-state index in [0.717, 1.165) is 55.1 Å². The van der Waals surface area contributed by atoms with E-state index in [9.17, 15) is 4.39 Å². The molecule has 5 heteroatoms. The third-order valence-corrected chi connectivity index (χ3v) is 6.16. The van der Waals surface area contributed by atoms with Gasteiger partial charge < -0.3 is 9.72 Å². The number of nitrogens with zero attached hydrogens (tertiary/aromatic N) is 2. The standard InChI is InChI=1S/C25H26FN3O/c1-2-30-21-14-20-13-18(10-12-29(20)16-21)22-15-28-25(17-6-8-19(26)9-7-17)24(22)23-5-3-4-11-27-23/h3-9,11,13,15,20-21,28H,2,10,12,14,16H2,1H3/t20-,21-/m1/s1. The smallest absolute Gasteiger partial charge is 0.123 e. The fraction of sp³-hybridized carbons (Fsp3) is 0.320. The number of halogens is 1. The first kappa shape index (κ1) is 19.2. The summed E-state index contributed by atoms with van der Waals surface area (Å²) in [6.45, 7) is 4.89. The van der Waals surface area contributed by atoms with Crippen LogP contribution < -0.4 is 0 Å². The minimum absolute atomic E-state index is 0.231. The number of benzene rings is 1. The number of aromatic nitrogens is 2. The fourth-order valence-corrected chi connectivity index (χ4v) is 4.78. The van der Waals surface area contributed by atoms with Crippen molar-refractivity contribution in [3.05, 3.63) is 72.3 Å². The van der Waals surface area contributed by atoms with Gasteiger partial charge in [-0.15, -0.1) is 0 Å². The molecule has 2 atom stereocenters. The van der Waals surface area contributed by atoms with Crippen LogP contribution in [0.4, 0.5) is 4.39 Å². The Labute approximate surface area is 176 Å². The first-order valence-electron chi connectivity index (χ1n) is 10.7. The lowest BCUT2D eigenvalue weighted by Crippen LogP contribution is -2.33. The highest BCUT2D eigenvalue weighted by Gasteiger charge is 2.34. The highest BCUT2D eigenvalue weighted by molar-refractivity contribution is 5.90. The molecule has 0 spiro atoms. The summed E-state index contributed by atoms with van der Waals surface area (Å²) in [7, 11) is 0. The SMILES string of the molecule is CCO[C@@H]1C[C@H]2C=C(c3c[nH]c(-c4ccc(F)cc4)c3-c3ccccn3)CCN2C1. The molecular formula is C25H26FN3O. The van der Waals surface area contributed by atoms with Crippen LogP contribution in [0.5, 0.6) is 0 Å². The quantitative estimate of drug-likeness (QED) is 0.641. The van der Waals surface area contributed by atoms with E-state index >= 15 is 0 Å². The molecule has 4 nitrogen and oxygen atoms in total. The molecule has 154 valence electrons. The molecule has 0 bridgehead atoms. The topological polar surface area (TPSA) is 41.1 Å². The van der Waals surface area contributed by atoms with Gasteiger partial charge in [0.1, 0.15) is 5.82 Å². The Morgan fingerprint density at radius 1 is 1.20 bits per heavy atom. The van der Waals surface area contributed by atoms with Crippen LogP contribution in [0.25, 0.3) is 28.1 Å². The zero-order valence-electron chi connectivity index (χ0n) is 17.1. The number of nitrogens with one attached hydrogen (secondary N) is 1. The molecule has 0 saturated carbocycles. The molecule has 4 heterocycles. The summed E-state index contributed by atoms with van der Waals surface area (Å²) < 4.78 is 19.4. The number of fused-ring (bicyclic) bond motifs is 1. The normalized spacial score (nSPS) is 21.5. The Hall–Kier alpha value is -2.76. The van der Waals surface area contributed by atoms with Crippen LogP contribution in [0.1, 0.15) is 25.3 Å². The lowest BCUT2D eigenvalue weighted by atomic mass is 9.92. The lowest BCUT2D eigenvalue weighted by molar-refractivity contribution is 0.0691. The number of hydrogen-bond acceptors (Lipinski definition) is 3. The summed E-state index contributed by atoms with van der Waals surface area (Å²) in [4.78, 5) is 10.6. The molecule has 1 N–H and O–H groups in total. The van der Waals surface area contributed by atoms with Gasteiger partial charge in [0, 0.05) is 49.3 Å². The van der Waals surface area contributed by atoms with Crippen LogP contribution in [0.2, 0.25) is 0 Å². The van der Waals surface area contributed by atoms with Crippen molar-refractivity contribution in [1.29, 1.82) is 0 Å². The summed E-state index contributed by atoms with van der Waals surface area (Å²) in [5, 5.41) is 0. The summed E-state index contributed by atoms with van der Waals surface area (Å²) in [5.41, 5.74) is 6.48. The largest absolute Gasteiger partial charge is 0.377 e. The summed E-state index contributed by atoms with van der Waals surface area (Å²) in [5.74, 6) is -0.231. The lowest BCUT2D eigenvalue weighted by Gasteiger charge is -2.28. The zero-order valence-corrected chi connectivity index (χ0v) is 17.1. The third-order valence-electron chi connectivity index (χ3n) is 6.16. The van der Waals surface area contributed by atoms with Crippen molar-refractivity contribution < 1.29 is 9.13 Å². The monoisotopic (exact) mass is 403 g/mol. The third kappa shape index (κ3) is 3.59. The minimum atomic E-state index is -0.231. The van der Waals surface area contributed by atoms with Gasteiger partial charge in [0.05, 0.1) is 17.5 Å². The number of ether oxygens (including phenoxy) is 1. The Morgan fingerprint density at radius 2 is 2.07 bits per heavy atom. The Bertz CT molecular complexity index is 1040. The Morgan fingerprint density at radius 3 is 2.83 bits per heavy atom. The summed E-state index contributed by atoms with van der Waals surface area (Å²) in [6, 6.07) is 13.0. The highest BCUT2D eigenvalue weighted by Crippen LogP contribution is 2.40. The maximum Gasteiger partial charge on any atom is 0.123 e. The molecule has 30 heavy (non-hydrogen) atoms. The predicted molar refractivity (Wildman–Crippen MR) is 117 cm³/mol. The molecule has 0 aliphatic carbocycles. The average Bonchev–Trinajstić information content (AvgIpc) is 3.38. The molecule has 2 aliphatic rings. The van der Waals surface area contributed by atoms with Crippen LogP contribution in [0, 0.1) is 5.82 Å². The molecule has 2 aromatic heterocycles. The van der Waals surface area contributed by atoms with Gasteiger partial charge in [-0.3, -0.25) is 9.88 Å². The Balaban J connectivity index is 1.56. The van der Waals surface area contributed by atoms with Crippen LogP contribution in [-0.2, 0) is 4.74 Å². The van der Waals surface area contributed by atoms with Gasteiger partial charge in [-0.05, 0) is 67.3 Å². The van der Waals surface area contributed by atoms with Crippen LogP contribution in [-0.4, -0.2) is 46.7 Å². The van der Waals surface area contributed by atoms with Crippen LogP contribution in [0.15, 0.2) is 60.9 Å². The second kappa shape index (κ2) is 8.17. The van der Waals surface area contributed by atoms with E-state index in [2.05, 4.69) is 34.1 Å². The summed E-state index contributed by atoms with van der Waals surface area (Å²) >= 11 is 0. The number of aromatic amines is 1. The van der Waals surface area contributed by atoms with Crippen molar-refractivity contribution in [2.24, 2.45) is 0 Å². The van der Waals surface area contributed by atoms with E-state index in [1.807, 2.05) is 36.5 Å². The van der Waals surface area contributed by atoms with Gasteiger partial charge in [-0.25, -0.2) is 4.39 Å². The zero-order chi connectivity index (χ0) is 20.5. The maximum atomic E-state index is 13.5. The predicted octanol–water partition coefficient (Wildman–Crippen LogP) is 5.15. The molecule has 5 rings (SSSR count). The molecule has 0 unspecified atom stereocenters. The van der Waals surface area contributed by atoms with Crippen molar-refractivity contribution in [2.45, 2.75) is 31.9 Å². The molecule has 0 amide bonds. The highest BCUT2D eigenvalue weighted by atomic mass is 19.1. The fourth-order valence-electron chi connectivity index (χ4n) is 4.78. The van der Waals surface area contributed by atoms with Gasteiger partial charge in [-0.1, -0.05) is 12.1 Å². The summed E-state index contributed by atoms with van der Waals surface area (Å²) in [6.07, 6.45) is 8.68. The second-order valence-electron chi connectivity index (χ2n) is 7.99. The number of H-pyrrole nitrogens is 1. The van der Waals surface area contributed by atoms with Gasteiger partial charge >= 0.3 is 0 Å². The van der Waals surface area contributed by atoms with Gasteiger partial charge in [0.15, 0.2) is 0 Å². The number of hydrogen-bond donors (Lipinski definition) is 1. The first-order valence-corrected chi connectivity index (χ1v) is 10.7. The first-order chi connectivity index (χ1) is 14.7. The minimum Gasteiger partial charge on any atom is -0.377 e. The number of pyridine rings is 1. The van der Waals surface area contributed by atoms with E-state index in [1.54, 1.807) is 0 Å². The molecule has 1 fully saturated rings. The molecule has 1 aromatic carbocycles. The average molecular weight is 404 g/mol. The molecule has 3 aromatic rings. The van der Waals surface area contributed by atoms with E-state index in [0.29, 0.717) is 12.1 Å². The molecule has 2 aliphatic heterocycles. The van der Waals surface area contributed by atoms with E-state index in [-0.39, 0.29) is 5.82 Å². The van der Waals surface area contributed by atoms with Crippen LogP contribution >= 0.6 is 0 Å². The molecular weight excluding hydrogens is 377 g/mol. The van der Waals surface area contributed by atoms with Crippen molar-refractivity contribution in [1.82, 2.24) is 14.9 Å². The van der Waals surface area contributed by atoms with E-state index in [1.165, 1.54) is 23.3 Å². The van der Waals surface area contributed by atoms with Crippen molar-refractivity contribution in [3.63, 3.8) is 0 Å². The van der Waals surface area contributed by atoms with Gasteiger partial charge in [0.2, 0.25) is 0 Å². The molecule has 1 saturated heterocycles. The Kier molecular flexibility index (Phi) is 5.23. The van der Waals surface area contributed by atoms with Gasteiger partial charge in [-0.2, -0.15) is 0 Å². The van der Waals surface area contributed by atoms with Crippen molar-refractivity contribution >= 4 is 5.57 Å². The maximum absolute atomic E-state index is 13.5. The van der Waals surface area contributed by atoms with Crippen LogP contribution in [0.3, 0.4) is 0 Å². The number of rotatable bonds is 5. The van der Waals surface area contributed by atoms with Gasteiger partial charge in [0.25, 0.3) is 0 Å².